The molecule has 1 rings (SSSR count). The lowest BCUT2D eigenvalue weighted by atomic mass is 10.2. The molecule has 1 N–H and O–H groups in total. The van der Waals surface area contributed by atoms with E-state index in [2.05, 4.69) is 22.6 Å². The summed E-state index contributed by atoms with van der Waals surface area (Å²) in [6.07, 6.45) is 0. The van der Waals surface area contributed by atoms with Crippen LogP contribution in [-0.4, -0.2) is 5.11 Å². The maximum Gasteiger partial charge on any atom is 0.120 e. The van der Waals surface area contributed by atoms with Gasteiger partial charge >= 0.3 is 0 Å². The van der Waals surface area contributed by atoms with Gasteiger partial charge in [0.2, 0.25) is 0 Å². The first-order valence-electron chi connectivity index (χ1n) is 2.76. The van der Waals surface area contributed by atoms with Gasteiger partial charge in [-0.25, -0.2) is 0 Å². The molecule has 0 heterocycles. The average molecular weight is 268 g/mol. The number of aromatic hydroxyl groups is 1. The van der Waals surface area contributed by atoms with Gasteiger partial charge in [-0.3, -0.25) is 0 Å². The summed E-state index contributed by atoms with van der Waals surface area (Å²) in [5, 5.41) is 9.74. The van der Waals surface area contributed by atoms with E-state index in [9.17, 15) is 0 Å². The molecule has 0 unspecified atom stereocenters. The Labute approximate surface area is 78.2 Å². The van der Waals surface area contributed by atoms with Gasteiger partial charge in [0.05, 0.1) is 5.02 Å². The molecule has 0 aliphatic heterocycles. The van der Waals surface area contributed by atoms with Crippen LogP contribution in [0.2, 0.25) is 5.02 Å². The molecule has 0 aliphatic rings. The Hall–Kier alpha value is 0.0400. The van der Waals surface area contributed by atoms with Crippen LogP contribution in [0.4, 0.5) is 0 Å². The molecule has 0 bridgehead atoms. The van der Waals surface area contributed by atoms with Gasteiger partial charge < -0.3 is 5.11 Å². The third-order valence-corrected chi connectivity index (χ3v) is 2.76. The van der Waals surface area contributed by atoms with Crippen molar-refractivity contribution in [1.82, 2.24) is 0 Å². The number of hydrogen-bond donors (Lipinski definition) is 1. The van der Waals surface area contributed by atoms with E-state index in [-0.39, 0.29) is 5.75 Å². The fourth-order valence-corrected chi connectivity index (χ4v) is 1.42. The lowest BCUT2D eigenvalue weighted by Crippen LogP contribution is -1.78. The number of phenolic OH excluding ortho intramolecular Hbond substituents is 1. The Bertz CT molecular complexity index is 210. The van der Waals surface area contributed by atoms with Crippen molar-refractivity contribution in [3.63, 3.8) is 0 Å². The van der Waals surface area contributed by atoms with E-state index in [0.717, 1.165) is 9.13 Å². The summed E-state index contributed by atoms with van der Waals surface area (Å²) >= 11 is 7.84. The lowest BCUT2D eigenvalue weighted by Gasteiger charge is -2.00. The Morgan fingerprint density at radius 1 is 1.50 bits per heavy atom. The standard InChI is InChI=1S/C7H6ClIO/c1-4-2-6(9)5(8)3-7(4)10/h2-3,10H,1H3. The number of halogens is 2. The van der Waals surface area contributed by atoms with Gasteiger partial charge in [-0.05, 0) is 47.2 Å². The molecule has 0 spiro atoms. The zero-order chi connectivity index (χ0) is 7.72. The van der Waals surface area contributed by atoms with Crippen LogP contribution in [-0.2, 0) is 0 Å². The van der Waals surface area contributed by atoms with Crippen molar-refractivity contribution in [3.05, 3.63) is 26.3 Å². The molecule has 0 amide bonds. The van der Waals surface area contributed by atoms with Crippen LogP contribution < -0.4 is 0 Å². The van der Waals surface area contributed by atoms with Gasteiger partial charge in [-0.1, -0.05) is 11.6 Å². The van der Waals surface area contributed by atoms with Crippen LogP contribution >= 0.6 is 34.2 Å². The molecule has 1 aromatic rings. The highest BCUT2D eigenvalue weighted by atomic mass is 127. The van der Waals surface area contributed by atoms with Crippen LogP contribution in [0, 0.1) is 10.5 Å². The van der Waals surface area contributed by atoms with Gasteiger partial charge in [-0.2, -0.15) is 0 Å². The minimum Gasteiger partial charge on any atom is -0.508 e. The summed E-state index contributed by atoms with van der Waals surface area (Å²) in [5.74, 6) is 0.255. The van der Waals surface area contributed by atoms with Gasteiger partial charge in [0.25, 0.3) is 0 Å². The van der Waals surface area contributed by atoms with E-state index >= 15 is 0 Å². The Kier molecular flexibility index (Phi) is 2.41. The maximum absolute atomic E-state index is 9.14. The third-order valence-electron chi connectivity index (χ3n) is 1.24. The summed E-state index contributed by atoms with van der Waals surface area (Å²) in [5.41, 5.74) is 0.855. The van der Waals surface area contributed by atoms with Crippen molar-refractivity contribution in [2.45, 2.75) is 6.92 Å². The summed E-state index contributed by atoms with van der Waals surface area (Å²) in [6.45, 7) is 1.84. The smallest absolute Gasteiger partial charge is 0.120 e. The normalized spacial score (nSPS) is 9.90. The van der Waals surface area contributed by atoms with Crippen molar-refractivity contribution in [2.24, 2.45) is 0 Å². The topological polar surface area (TPSA) is 20.2 Å². The zero-order valence-corrected chi connectivity index (χ0v) is 8.27. The van der Waals surface area contributed by atoms with E-state index < -0.39 is 0 Å². The Balaban J connectivity index is 3.28. The van der Waals surface area contributed by atoms with E-state index in [1.165, 1.54) is 0 Å². The monoisotopic (exact) mass is 268 g/mol. The molecule has 10 heavy (non-hydrogen) atoms. The second-order valence-electron chi connectivity index (χ2n) is 2.05. The quantitative estimate of drug-likeness (QED) is 0.717. The zero-order valence-electron chi connectivity index (χ0n) is 5.36. The fourth-order valence-electron chi connectivity index (χ4n) is 0.636. The lowest BCUT2D eigenvalue weighted by molar-refractivity contribution is 0.471. The van der Waals surface area contributed by atoms with E-state index in [4.69, 9.17) is 16.7 Å². The number of rotatable bonds is 0. The van der Waals surface area contributed by atoms with Crippen LogP contribution in [0.3, 0.4) is 0 Å². The van der Waals surface area contributed by atoms with Crippen LogP contribution in [0.25, 0.3) is 0 Å². The first-order valence-corrected chi connectivity index (χ1v) is 4.21. The van der Waals surface area contributed by atoms with Gasteiger partial charge in [0, 0.05) is 3.57 Å². The third kappa shape index (κ3) is 1.55. The van der Waals surface area contributed by atoms with Crippen LogP contribution in [0.5, 0.6) is 5.75 Å². The Morgan fingerprint density at radius 3 is 2.60 bits per heavy atom. The molecule has 0 fully saturated rings. The van der Waals surface area contributed by atoms with Crippen molar-refractivity contribution in [1.29, 1.82) is 0 Å². The molecule has 1 nitrogen and oxygen atoms in total. The van der Waals surface area contributed by atoms with Crippen molar-refractivity contribution in [3.8, 4) is 5.75 Å². The molecule has 3 heteroatoms. The highest BCUT2D eigenvalue weighted by Gasteiger charge is 2.00. The van der Waals surface area contributed by atoms with Crippen molar-refractivity contribution in [2.75, 3.05) is 0 Å². The molecule has 0 aromatic heterocycles. The van der Waals surface area contributed by atoms with Crippen LogP contribution in [0.1, 0.15) is 5.56 Å². The van der Waals surface area contributed by atoms with Gasteiger partial charge in [-0.15, -0.1) is 0 Å². The summed E-state index contributed by atoms with van der Waals surface area (Å²) < 4.78 is 0.967. The largest absolute Gasteiger partial charge is 0.508 e. The highest BCUT2D eigenvalue weighted by Crippen LogP contribution is 2.26. The average Bonchev–Trinajstić information content (AvgIpc) is 1.84. The summed E-state index contributed by atoms with van der Waals surface area (Å²) in [7, 11) is 0. The Morgan fingerprint density at radius 2 is 2.10 bits per heavy atom. The van der Waals surface area contributed by atoms with E-state index in [0.29, 0.717) is 5.02 Å². The first kappa shape index (κ1) is 8.14. The number of aryl methyl sites for hydroxylation is 1. The molecular formula is C7H6ClIO. The summed E-state index contributed by atoms with van der Waals surface area (Å²) in [6, 6.07) is 3.40. The predicted molar refractivity (Wildman–Crippen MR) is 50.6 cm³/mol. The molecular weight excluding hydrogens is 262 g/mol. The molecule has 1 aromatic carbocycles. The molecule has 0 atom stereocenters. The molecule has 0 radical (unpaired) electrons. The van der Waals surface area contributed by atoms with Gasteiger partial charge in [0.1, 0.15) is 5.75 Å². The summed E-state index contributed by atoms with van der Waals surface area (Å²) in [4.78, 5) is 0. The number of phenols is 1. The highest BCUT2D eigenvalue weighted by molar-refractivity contribution is 14.1. The maximum atomic E-state index is 9.14. The van der Waals surface area contributed by atoms with Gasteiger partial charge in [0.15, 0.2) is 0 Å². The minimum atomic E-state index is 0.255. The predicted octanol–water partition coefficient (Wildman–Crippen LogP) is 2.96. The van der Waals surface area contributed by atoms with Crippen molar-refractivity contribution < 1.29 is 5.11 Å². The number of benzene rings is 1. The SMILES string of the molecule is Cc1cc(I)c(Cl)cc1O. The second-order valence-corrected chi connectivity index (χ2v) is 3.62. The van der Waals surface area contributed by atoms with Crippen LogP contribution in [0.15, 0.2) is 12.1 Å². The molecule has 54 valence electrons. The second kappa shape index (κ2) is 2.96. The first-order chi connectivity index (χ1) is 4.61. The fraction of sp³-hybridized carbons (Fsp3) is 0.143. The minimum absolute atomic E-state index is 0.255. The molecule has 0 saturated heterocycles. The molecule has 0 aliphatic carbocycles. The number of hydrogen-bond acceptors (Lipinski definition) is 1. The van der Waals surface area contributed by atoms with Crippen molar-refractivity contribution >= 4 is 34.2 Å². The van der Waals surface area contributed by atoms with E-state index in [1.54, 1.807) is 6.07 Å². The molecule has 0 saturated carbocycles. The van der Waals surface area contributed by atoms with E-state index in [1.807, 2.05) is 13.0 Å².